The highest BCUT2D eigenvalue weighted by molar-refractivity contribution is 7.71. The highest BCUT2D eigenvalue weighted by Crippen LogP contribution is 2.46. The van der Waals surface area contributed by atoms with Gasteiger partial charge in [-0.05, 0) is 55.1 Å². The topological polar surface area (TPSA) is 20.7 Å². The van der Waals surface area contributed by atoms with Crippen molar-refractivity contribution in [3.8, 4) is 0 Å². The van der Waals surface area contributed by atoms with Gasteiger partial charge in [-0.1, -0.05) is 26.3 Å². The predicted octanol–water partition coefficient (Wildman–Crippen LogP) is 4.76. The monoisotopic (exact) mass is 260 g/mol. The first-order valence-electron chi connectivity index (χ1n) is 6.70. The fourth-order valence-electron chi connectivity index (χ4n) is 3.34. The van der Waals surface area contributed by atoms with Crippen LogP contribution in [0.3, 0.4) is 0 Å². The number of imidazole rings is 1. The molecule has 2 nitrogen and oxygen atoms in total. The van der Waals surface area contributed by atoms with Crippen molar-refractivity contribution in [3.63, 3.8) is 0 Å². The number of hydrogen-bond donors (Lipinski definition) is 1. The SMILES string of the molecule is Cc1ccc2c(c1)[nH]c(=S)n2C1CCCC1(C)C. The molecule has 18 heavy (non-hydrogen) atoms. The van der Waals surface area contributed by atoms with Crippen LogP contribution in [-0.2, 0) is 0 Å². The molecule has 3 rings (SSSR count). The van der Waals surface area contributed by atoms with E-state index in [1.165, 1.54) is 35.9 Å². The van der Waals surface area contributed by atoms with Gasteiger partial charge < -0.3 is 9.55 Å². The molecular formula is C15H20N2S. The molecular weight excluding hydrogens is 240 g/mol. The Bertz CT molecular complexity index is 648. The van der Waals surface area contributed by atoms with Crippen molar-refractivity contribution in [3.05, 3.63) is 28.5 Å². The van der Waals surface area contributed by atoms with E-state index in [1.54, 1.807) is 0 Å². The van der Waals surface area contributed by atoms with Gasteiger partial charge in [0.05, 0.1) is 11.0 Å². The predicted molar refractivity (Wildman–Crippen MR) is 78.5 cm³/mol. The zero-order chi connectivity index (χ0) is 12.9. The Balaban J connectivity index is 2.23. The number of benzene rings is 1. The van der Waals surface area contributed by atoms with Crippen LogP contribution in [0.2, 0.25) is 0 Å². The van der Waals surface area contributed by atoms with E-state index >= 15 is 0 Å². The van der Waals surface area contributed by atoms with Gasteiger partial charge in [-0.2, -0.15) is 0 Å². The van der Waals surface area contributed by atoms with Crippen LogP contribution in [0, 0.1) is 17.1 Å². The summed E-state index contributed by atoms with van der Waals surface area (Å²) in [6.45, 7) is 6.84. The Morgan fingerprint density at radius 1 is 1.39 bits per heavy atom. The molecule has 1 aromatic carbocycles. The lowest BCUT2D eigenvalue weighted by atomic mass is 9.87. The smallest absolute Gasteiger partial charge is 0.178 e. The van der Waals surface area contributed by atoms with Crippen LogP contribution in [0.25, 0.3) is 11.0 Å². The number of nitrogens with zero attached hydrogens (tertiary/aromatic N) is 1. The number of rotatable bonds is 1. The van der Waals surface area contributed by atoms with Gasteiger partial charge in [0.25, 0.3) is 0 Å². The minimum atomic E-state index is 0.345. The number of H-pyrrole nitrogens is 1. The van der Waals surface area contributed by atoms with E-state index in [0.717, 1.165) is 4.77 Å². The minimum Gasteiger partial charge on any atom is -0.331 e. The Morgan fingerprint density at radius 3 is 2.83 bits per heavy atom. The summed E-state index contributed by atoms with van der Waals surface area (Å²) in [7, 11) is 0. The molecule has 1 heterocycles. The first-order valence-corrected chi connectivity index (χ1v) is 7.11. The molecule has 1 N–H and O–H groups in total. The zero-order valence-corrected chi connectivity index (χ0v) is 12.1. The van der Waals surface area contributed by atoms with E-state index in [2.05, 4.69) is 48.5 Å². The molecule has 0 saturated heterocycles. The molecule has 1 aliphatic carbocycles. The minimum absolute atomic E-state index is 0.345. The zero-order valence-electron chi connectivity index (χ0n) is 11.3. The molecule has 0 aliphatic heterocycles. The maximum absolute atomic E-state index is 5.54. The molecule has 3 heteroatoms. The van der Waals surface area contributed by atoms with Gasteiger partial charge in [0.15, 0.2) is 4.77 Å². The number of aromatic amines is 1. The molecule has 96 valence electrons. The van der Waals surface area contributed by atoms with E-state index in [-0.39, 0.29) is 0 Å². The van der Waals surface area contributed by atoms with E-state index in [4.69, 9.17) is 12.2 Å². The molecule has 0 amide bonds. The number of fused-ring (bicyclic) bond motifs is 1. The highest BCUT2D eigenvalue weighted by Gasteiger charge is 2.36. The van der Waals surface area contributed by atoms with Crippen LogP contribution in [0.4, 0.5) is 0 Å². The van der Waals surface area contributed by atoms with Crippen molar-refractivity contribution in [2.75, 3.05) is 0 Å². The lowest BCUT2D eigenvalue weighted by molar-refractivity contribution is 0.264. The van der Waals surface area contributed by atoms with Gasteiger partial charge in [0, 0.05) is 6.04 Å². The molecule has 0 spiro atoms. The first kappa shape index (κ1) is 12.0. The molecule has 1 atom stereocenters. The van der Waals surface area contributed by atoms with Gasteiger partial charge in [-0.15, -0.1) is 0 Å². The molecule has 0 radical (unpaired) electrons. The average molecular weight is 260 g/mol. The van der Waals surface area contributed by atoms with Gasteiger partial charge in [0.1, 0.15) is 0 Å². The summed E-state index contributed by atoms with van der Waals surface area (Å²) in [6, 6.07) is 7.08. The normalized spacial score (nSPS) is 22.7. The first-order chi connectivity index (χ1) is 8.49. The Kier molecular flexibility index (Phi) is 2.63. The third-order valence-corrected chi connectivity index (χ3v) is 4.68. The third-order valence-electron chi connectivity index (χ3n) is 4.38. The number of aromatic nitrogens is 2. The summed E-state index contributed by atoms with van der Waals surface area (Å²) in [5, 5.41) is 0. The maximum Gasteiger partial charge on any atom is 0.178 e. The third kappa shape index (κ3) is 1.72. The number of hydrogen-bond acceptors (Lipinski definition) is 1. The molecule has 1 fully saturated rings. The molecule has 1 aliphatic rings. The van der Waals surface area contributed by atoms with Crippen molar-refractivity contribution >= 4 is 23.3 Å². The maximum atomic E-state index is 5.54. The Morgan fingerprint density at radius 2 is 2.17 bits per heavy atom. The molecule has 1 saturated carbocycles. The fourth-order valence-corrected chi connectivity index (χ4v) is 3.68. The summed E-state index contributed by atoms with van der Waals surface area (Å²) in [6.07, 6.45) is 3.83. The largest absolute Gasteiger partial charge is 0.331 e. The van der Waals surface area contributed by atoms with Crippen molar-refractivity contribution in [2.24, 2.45) is 5.41 Å². The number of aryl methyl sites for hydroxylation is 1. The Hall–Kier alpha value is -1.09. The average Bonchev–Trinajstić information content (AvgIpc) is 2.76. The fraction of sp³-hybridized carbons (Fsp3) is 0.533. The molecule has 2 aromatic rings. The van der Waals surface area contributed by atoms with E-state index in [9.17, 15) is 0 Å². The summed E-state index contributed by atoms with van der Waals surface area (Å²) >= 11 is 5.54. The van der Waals surface area contributed by atoms with Gasteiger partial charge in [0.2, 0.25) is 0 Å². The van der Waals surface area contributed by atoms with E-state index in [0.29, 0.717) is 11.5 Å². The van der Waals surface area contributed by atoms with Crippen LogP contribution >= 0.6 is 12.2 Å². The van der Waals surface area contributed by atoms with Crippen molar-refractivity contribution in [1.29, 1.82) is 0 Å². The van der Waals surface area contributed by atoms with Crippen LogP contribution in [-0.4, -0.2) is 9.55 Å². The van der Waals surface area contributed by atoms with Crippen molar-refractivity contribution in [2.45, 2.75) is 46.1 Å². The quantitative estimate of drug-likeness (QED) is 0.733. The van der Waals surface area contributed by atoms with Crippen LogP contribution in [0.5, 0.6) is 0 Å². The second-order valence-electron chi connectivity index (χ2n) is 6.22. The van der Waals surface area contributed by atoms with Crippen LogP contribution in [0.1, 0.15) is 44.7 Å². The highest BCUT2D eigenvalue weighted by atomic mass is 32.1. The molecule has 0 bridgehead atoms. The van der Waals surface area contributed by atoms with Gasteiger partial charge in [-0.25, -0.2) is 0 Å². The van der Waals surface area contributed by atoms with Crippen LogP contribution in [0.15, 0.2) is 18.2 Å². The Labute approximate surface area is 113 Å². The number of nitrogens with one attached hydrogen (secondary N) is 1. The summed E-state index contributed by atoms with van der Waals surface area (Å²) < 4.78 is 3.22. The molecule has 1 unspecified atom stereocenters. The standard InChI is InChI=1S/C15H20N2S/c1-10-6-7-12-11(9-10)16-14(18)17(12)13-5-4-8-15(13,2)3/h6-7,9,13H,4-5,8H2,1-3H3,(H,16,18). The van der Waals surface area contributed by atoms with Gasteiger partial charge in [-0.3, -0.25) is 0 Å². The second kappa shape index (κ2) is 3.95. The van der Waals surface area contributed by atoms with E-state index in [1.807, 2.05) is 0 Å². The molecule has 1 aromatic heterocycles. The lowest BCUT2D eigenvalue weighted by Crippen LogP contribution is -2.21. The lowest BCUT2D eigenvalue weighted by Gasteiger charge is -2.28. The summed E-state index contributed by atoms with van der Waals surface area (Å²) in [4.78, 5) is 3.36. The van der Waals surface area contributed by atoms with Crippen molar-refractivity contribution < 1.29 is 0 Å². The van der Waals surface area contributed by atoms with Gasteiger partial charge >= 0.3 is 0 Å². The van der Waals surface area contributed by atoms with Crippen molar-refractivity contribution in [1.82, 2.24) is 9.55 Å². The summed E-state index contributed by atoms with van der Waals surface area (Å²) in [5.74, 6) is 0. The van der Waals surface area contributed by atoms with Crippen LogP contribution < -0.4 is 0 Å². The second-order valence-corrected chi connectivity index (χ2v) is 6.60. The summed E-state index contributed by atoms with van der Waals surface area (Å²) in [5.41, 5.74) is 4.04. The van der Waals surface area contributed by atoms with E-state index < -0.39 is 0 Å².